The molecule has 2 nitrogen and oxygen atoms in total. The first-order valence-electron chi connectivity index (χ1n) is 6.33. The van der Waals surface area contributed by atoms with E-state index in [2.05, 4.69) is 17.1 Å². The number of hydrogen-bond acceptors (Lipinski definition) is 2. The summed E-state index contributed by atoms with van der Waals surface area (Å²) in [5, 5.41) is 2.87. The minimum atomic E-state index is -2.48. The van der Waals surface area contributed by atoms with Crippen LogP contribution in [0.15, 0.2) is 0 Å². The summed E-state index contributed by atoms with van der Waals surface area (Å²) in [5.41, 5.74) is 0. The summed E-state index contributed by atoms with van der Waals surface area (Å²) in [7, 11) is 2.04. The van der Waals surface area contributed by atoms with Crippen LogP contribution in [-0.2, 0) is 0 Å². The van der Waals surface area contributed by atoms with Gasteiger partial charge in [-0.3, -0.25) is 0 Å². The molecule has 0 saturated carbocycles. The molecule has 1 heterocycles. The lowest BCUT2D eigenvalue weighted by molar-refractivity contribution is 0.0206. The van der Waals surface area contributed by atoms with Gasteiger partial charge in [0.25, 0.3) is 5.92 Å². The molecule has 1 saturated heterocycles. The summed E-state index contributed by atoms with van der Waals surface area (Å²) in [6, 6.07) is 0.00399. The summed E-state index contributed by atoms with van der Waals surface area (Å²) >= 11 is 0. The highest BCUT2D eigenvalue weighted by Crippen LogP contribution is 2.26. The fourth-order valence-electron chi connectivity index (χ4n) is 1.87. The van der Waals surface area contributed by atoms with Crippen LogP contribution in [0.2, 0.25) is 0 Å². The van der Waals surface area contributed by atoms with E-state index in [1.807, 2.05) is 20.9 Å². The second-order valence-corrected chi connectivity index (χ2v) is 4.23. The zero-order chi connectivity index (χ0) is 12.6. The van der Waals surface area contributed by atoms with Crippen LogP contribution in [0, 0.1) is 0 Å². The molecule has 0 aromatic rings. The molecule has 0 aliphatic carbocycles. The molecule has 1 aliphatic heterocycles. The smallest absolute Gasteiger partial charge is 0.261 e. The zero-order valence-electron chi connectivity index (χ0n) is 11.0. The van der Waals surface area contributed by atoms with E-state index in [0.717, 1.165) is 25.9 Å². The molecule has 1 unspecified atom stereocenters. The van der Waals surface area contributed by atoms with E-state index in [9.17, 15) is 8.78 Å². The average molecular weight is 238 g/mol. The number of halogens is 2. The first kappa shape index (κ1) is 15.8. The van der Waals surface area contributed by atoms with Gasteiger partial charge in [-0.2, -0.15) is 0 Å². The van der Waals surface area contributed by atoms with Gasteiger partial charge in [0.1, 0.15) is 0 Å². The molecular formula is C12H28F2N2. The Labute approximate surface area is 99.9 Å². The Morgan fingerprint density at radius 3 is 2.44 bits per heavy atom. The lowest BCUT2D eigenvalue weighted by Gasteiger charge is -2.18. The Morgan fingerprint density at radius 2 is 2.00 bits per heavy atom. The normalized spacial score (nSPS) is 23.1. The van der Waals surface area contributed by atoms with Crippen molar-refractivity contribution in [2.45, 2.75) is 52.0 Å². The third-order valence-corrected chi connectivity index (χ3v) is 2.66. The second kappa shape index (κ2) is 7.96. The highest BCUT2D eigenvalue weighted by molar-refractivity contribution is 4.87. The van der Waals surface area contributed by atoms with Gasteiger partial charge in [-0.15, -0.1) is 0 Å². The van der Waals surface area contributed by atoms with Crippen LogP contribution in [0.1, 0.15) is 41.5 Å². The first-order chi connectivity index (χ1) is 7.53. The molecular weight excluding hydrogens is 210 g/mol. The van der Waals surface area contributed by atoms with Crippen molar-refractivity contribution in [3.05, 3.63) is 0 Å². The van der Waals surface area contributed by atoms with Gasteiger partial charge in [0.2, 0.25) is 0 Å². The van der Waals surface area contributed by atoms with Crippen LogP contribution >= 0.6 is 0 Å². The lowest BCUT2D eigenvalue weighted by atomic mass is 10.1. The van der Waals surface area contributed by atoms with Crippen LogP contribution in [0.5, 0.6) is 0 Å². The lowest BCUT2D eigenvalue weighted by Crippen LogP contribution is -2.28. The standard InChI is InChI=1S/C10H20F2N2.C2H6.H2/c1-3-5-14(2)6-4-9-7-10(11,12)8-13-9;1-2;/h9,13H,3-8H2,1-2H3;1-2H3;1H. The molecule has 16 heavy (non-hydrogen) atoms. The Bertz CT molecular complexity index is 180. The maximum atomic E-state index is 12.8. The molecule has 1 atom stereocenters. The number of rotatable bonds is 5. The van der Waals surface area contributed by atoms with Crippen molar-refractivity contribution >= 4 is 0 Å². The van der Waals surface area contributed by atoms with E-state index >= 15 is 0 Å². The van der Waals surface area contributed by atoms with Crippen LogP contribution in [0.4, 0.5) is 8.78 Å². The average Bonchev–Trinajstić information content (AvgIpc) is 2.59. The summed E-state index contributed by atoms with van der Waals surface area (Å²) in [4.78, 5) is 2.19. The van der Waals surface area contributed by atoms with E-state index < -0.39 is 5.92 Å². The van der Waals surface area contributed by atoms with Gasteiger partial charge in [-0.25, -0.2) is 8.78 Å². The van der Waals surface area contributed by atoms with Crippen molar-refractivity contribution in [1.82, 2.24) is 10.2 Å². The molecule has 0 radical (unpaired) electrons. The molecule has 0 amide bonds. The van der Waals surface area contributed by atoms with Crippen molar-refractivity contribution in [3.63, 3.8) is 0 Å². The molecule has 0 aromatic carbocycles. The highest BCUT2D eigenvalue weighted by Gasteiger charge is 2.38. The van der Waals surface area contributed by atoms with Gasteiger partial charge in [0.05, 0.1) is 6.54 Å². The number of alkyl halides is 2. The largest absolute Gasteiger partial charge is 0.308 e. The van der Waals surface area contributed by atoms with E-state index in [-0.39, 0.29) is 20.4 Å². The predicted octanol–water partition coefficient (Wildman–Crippen LogP) is 2.99. The van der Waals surface area contributed by atoms with Crippen LogP contribution in [-0.4, -0.2) is 43.5 Å². The third-order valence-electron chi connectivity index (χ3n) is 2.66. The van der Waals surface area contributed by atoms with Crippen LogP contribution in [0.3, 0.4) is 0 Å². The van der Waals surface area contributed by atoms with Crippen LogP contribution in [0.25, 0.3) is 0 Å². The van der Waals surface area contributed by atoms with E-state index in [4.69, 9.17) is 0 Å². The summed E-state index contributed by atoms with van der Waals surface area (Å²) < 4.78 is 25.6. The third kappa shape index (κ3) is 6.38. The van der Waals surface area contributed by atoms with Gasteiger partial charge >= 0.3 is 0 Å². The minimum absolute atomic E-state index is 0. The molecule has 0 aromatic heterocycles. The molecule has 1 rings (SSSR count). The number of hydrogen-bond donors (Lipinski definition) is 1. The summed E-state index contributed by atoms with van der Waals surface area (Å²) in [6.07, 6.45) is 1.95. The molecule has 0 bridgehead atoms. The van der Waals surface area contributed by atoms with Crippen molar-refractivity contribution in [2.75, 3.05) is 26.7 Å². The number of nitrogens with one attached hydrogen (secondary N) is 1. The molecule has 100 valence electrons. The molecule has 1 aliphatic rings. The van der Waals surface area contributed by atoms with Gasteiger partial charge in [0.15, 0.2) is 0 Å². The first-order valence-corrected chi connectivity index (χ1v) is 6.33. The molecule has 4 heteroatoms. The van der Waals surface area contributed by atoms with E-state index in [1.165, 1.54) is 0 Å². The quantitative estimate of drug-likeness (QED) is 0.792. The fourth-order valence-corrected chi connectivity index (χ4v) is 1.87. The monoisotopic (exact) mass is 238 g/mol. The second-order valence-electron chi connectivity index (χ2n) is 4.23. The van der Waals surface area contributed by atoms with Crippen molar-refractivity contribution in [2.24, 2.45) is 0 Å². The highest BCUT2D eigenvalue weighted by atomic mass is 19.3. The Hall–Kier alpha value is -0.220. The van der Waals surface area contributed by atoms with Gasteiger partial charge in [-0.1, -0.05) is 20.8 Å². The van der Waals surface area contributed by atoms with Crippen molar-refractivity contribution in [3.8, 4) is 0 Å². The molecule has 1 N–H and O–H groups in total. The van der Waals surface area contributed by atoms with Crippen LogP contribution < -0.4 is 5.32 Å². The zero-order valence-corrected chi connectivity index (χ0v) is 11.0. The van der Waals surface area contributed by atoms with Gasteiger partial charge in [0, 0.05) is 13.9 Å². The van der Waals surface area contributed by atoms with Crippen molar-refractivity contribution < 1.29 is 10.2 Å². The Kier molecular flexibility index (Phi) is 7.85. The Morgan fingerprint density at radius 1 is 1.38 bits per heavy atom. The minimum Gasteiger partial charge on any atom is -0.308 e. The SMILES string of the molecule is CC.CCCN(C)CCC1CC(F)(F)CN1.[HH]. The predicted molar refractivity (Wildman–Crippen MR) is 67.2 cm³/mol. The molecule has 1 fully saturated rings. The summed E-state index contributed by atoms with van der Waals surface area (Å²) in [6.45, 7) is 7.93. The van der Waals surface area contributed by atoms with E-state index in [0.29, 0.717) is 0 Å². The van der Waals surface area contributed by atoms with Crippen molar-refractivity contribution in [1.29, 1.82) is 0 Å². The maximum absolute atomic E-state index is 12.8. The van der Waals surface area contributed by atoms with E-state index in [1.54, 1.807) is 0 Å². The topological polar surface area (TPSA) is 15.3 Å². The van der Waals surface area contributed by atoms with Gasteiger partial charge < -0.3 is 10.2 Å². The maximum Gasteiger partial charge on any atom is 0.261 e. The van der Waals surface area contributed by atoms with Gasteiger partial charge in [-0.05, 0) is 33.0 Å². The number of nitrogens with zero attached hydrogens (tertiary/aromatic N) is 1. The Balaban J connectivity index is 0. The fraction of sp³-hybridized carbons (Fsp3) is 1.00. The molecule has 0 spiro atoms. The summed E-state index contributed by atoms with van der Waals surface area (Å²) in [5.74, 6) is -2.48.